The van der Waals surface area contributed by atoms with Crippen LogP contribution in [0.2, 0.25) is 0 Å². The van der Waals surface area contributed by atoms with Crippen LogP contribution in [-0.4, -0.2) is 4.98 Å². The maximum atomic E-state index is 13.0. The number of benzene rings is 1. The highest BCUT2D eigenvalue weighted by molar-refractivity contribution is 14.1. The highest BCUT2D eigenvalue weighted by atomic mass is 127. The maximum Gasteiger partial charge on any atom is 0.125 e. The lowest BCUT2D eigenvalue weighted by Gasteiger charge is -1.94. The summed E-state index contributed by atoms with van der Waals surface area (Å²) in [6.45, 7) is 0. The summed E-state index contributed by atoms with van der Waals surface area (Å²) < 4.78 is 13.9. The van der Waals surface area contributed by atoms with Gasteiger partial charge in [-0.05, 0) is 34.7 Å². The zero-order valence-electron chi connectivity index (χ0n) is 6.44. The van der Waals surface area contributed by atoms with Gasteiger partial charge in [-0.15, -0.1) is 0 Å². The van der Waals surface area contributed by atoms with Gasteiger partial charge in [-0.25, -0.2) is 4.39 Å². The van der Waals surface area contributed by atoms with Crippen LogP contribution >= 0.6 is 22.6 Å². The first-order chi connectivity index (χ1) is 6.22. The van der Waals surface area contributed by atoms with Crippen LogP contribution in [-0.2, 0) is 0 Å². The second-order valence-electron chi connectivity index (χ2n) is 2.62. The highest BCUT2D eigenvalue weighted by Crippen LogP contribution is 2.23. The number of halogens is 2. The van der Waals surface area contributed by atoms with Crippen molar-refractivity contribution in [2.24, 2.45) is 0 Å². The molecule has 0 aliphatic heterocycles. The van der Waals surface area contributed by atoms with Crippen LogP contribution in [0.25, 0.3) is 10.9 Å². The minimum atomic E-state index is -0.374. The molecule has 1 heterocycles. The minimum Gasteiger partial charge on any atom is -0.359 e. The summed E-state index contributed by atoms with van der Waals surface area (Å²) in [5.41, 5.74) is 1.05. The molecule has 2 aromatic rings. The number of H-pyrrole nitrogens is 1. The summed E-state index contributed by atoms with van der Waals surface area (Å²) in [5, 5.41) is 9.49. The summed E-state index contributed by atoms with van der Waals surface area (Å²) >= 11 is 2.10. The summed E-state index contributed by atoms with van der Waals surface area (Å²) in [6.07, 6.45) is 1.76. The van der Waals surface area contributed by atoms with Crippen LogP contribution in [0.4, 0.5) is 4.39 Å². The van der Waals surface area contributed by atoms with E-state index in [2.05, 4.69) is 27.6 Å². The van der Waals surface area contributed by atoms with Gasteiger partial charge in [0.2, 0.25) is 0 Å². The lowest BCUT2D eigenvalue weighted by atomic mass is 10.1. The molecule has 0 fully saturated rings. The van der Waals surface area contributed by atoms with Crippen molar-refractivity contribution in [1.29, 1.82) is 5.26 Å². The van der Waals surface area contributed by atoms with Crippen LogP contribution in [0.5, 0.6) is 0 Å². The highest BCUT2D eigenvalue weighted by Gasteiger charge is 2.07. The third kappa shape index (κ3) is 1.29. The van der Waals surface area contributed by atoms with Gasteiger partial charge in [0.05, 0.1) is 11.1 Å². The van der Waals surface area contributed by atoms with Crippen LogP contribution in [0, 0.1) is 20.7 Å². The van der Waals surface area contributed by atoms with Crippen LogP contribution in [0.15, 0.2) is 18.3 Å². The van der Waals surface area contributed by atoms with E-state index in [1.165, 1.54) is 12.1 Å². The quantitative estimate of drug-likeness (QED) is 0.743. The van der Waals surface area contributed by atoms with Crippen molar-refractivity contribution in [1.82, 2.24) is 4.98 Å². The average Bonchev–Trinajstić information content (AvgIpc) is 2.47. The normalized spacial score (nSPS) is 10.2. The fraction of sp³-hybridized carbons (Fsp3) is 0. The summed E-state index contributed by atoms with van der Waals surface area (Å²) in [5.74, 6) is -0.374. The van der Waals surface area contributed by atoms with Gasteiger partial charge in [0.25, 0.3) is 0 Å². The van der Waals surface area contributed by atoms with E-state index in [0.29, 0.717) is 11.1 Å². The summed E-state index contributed by atoms with van der Waals surface area (Å²) in [4.78, 5) is 2.94. The molecule has 0 amide bonds. The third-order valence-corrected chi connectivity index (χ3v) is 2.72. The van der Waals surface area contributed by atoms with Gasteiger partial charge in [-0.1, -0.05) is 0 Å². The number of hydrogen-bond acceptors (Lipinski definition) is 1. The number of nitriles is 1. The number of aromatic amines is 1. The molecule has 0 spiro atoms. The number of hydrogen-bond donors (Lipinski definition) is 1. The summed E-state index contributed by atoms with van der Waals surface area (Å²) in [7, 11) is 0. The minimum absolute atomic E-state index is 0.345. The van der Waals surface area contributed by atoms with Gasteiger partial charge in [-0.3, -0.25) is 0 Å². The number of nitrogens with one attached hydrogen (secondary N) is 1. The predicted octanol–water partition coefficient (Wildman–Crippen LogP) is 2.78. The molecule has 0 saturated carbocycles. The van der Waals surface area contributed by atoms with Crippen LogP contribution < -0.4 is 0 Å². The molecule has 2 rings (SSSR count). The largest absolute Gasteiger partial charge is 0.359 e. The lowest BCUT2D eigenvalue weighted by molar-refractivity contribution is 0.629. The molecule has 1 aromatic carbocycles. The smallest absolute Gasteiger partial charge is 0.125 e. The number of nitrogens with zero attached hydrogens (tertiary/aromatic N) is 1. The number of rotatable bonds is 0. The topological polar surface area (TPSA) is 39.6 Å². The second-order valence-corrected chi connectivity index (χ2v) is 3.79. The first kappa shape index (κ1) is 8.51. The molecule has 0 atom stereocenters. The fourth-order valence-electron chi connectivity index (χ4n) is 1.25. The molecule has 13 heavy (non-hydrogen) atoms. The first-order valence-electron chi connectivity index (χ1n) is 3.58. The molecule has 4 heteroatoms. The van der Waals surface area contributed by atoms with E-state index < -0.39 is 0 Å². The molecule has 1 aromatic heterocycles. The Balaban J connectivity index is 2.94. The molecule has 0 radical (unpaired) electrons. The average molecular weight is 286 g/mol. The van der Waals surface area contributed by atoms with Crippen LogP contribution in [0.3, 0.4) is 0 Å². The standard InChI is InChI=1S/C9H4FIN2/c10-6-1-5(3-12)9-7(2-6)8(11)4-13-9/h1-2,4,13H. The molecule has 1 N–H and O–H groups in total. The van der Waals surface area contributed by atoms with E-state index in [1.807, 2.05) is 6.07 Å². The Morgan fingerprint density at radius 1 is 1.46 bits per heavy atom. The Hall–Kier alpha value is -1.09. The Morgan fingerprint density at radius 2 is 2.23 bits per heavy atom. The zero-order chi connectivity index (χ0) is 9.42. The molecule has 0 aliphatic carbocycles. The van der Waals surface area contributed by atoms with Crippen molar-refractivity contribution in [2.45, 2.75) is 0 Å². The van der Waals surface area contributed by atoms with Crippen molar-refractivity contribution >= 4 is 33.5 Å². The van der Waals surface area contributed by atoms with Gasteiger partial charge in [0.1, 0.15) is 11.9 Å². The Morgan fingerprint density at radius 3 is 2.92 bits per heavy atom. The molecule has 2 nitrogen and oxygen atoms in total. The van der Waals surface area contributed by atoms with Gasteiger partial charge in [0, 0.05) is 15.2 Å². The second kappa shape index (κ2) is 3.00. The molecular formula is C9H4FIN2. The molecule has 0 saturated heterocycles. The number of aromatic nitrogens is 1. The van der Waals surface area contributed by atoms with Crippen molar-refractivity contribution in [3.8, 4) is 6.07 Å². The van der Waals surface area contributed by atoms with E-state index in [4.69, 9.17) is 5.26 Å². The summed E-state index contributed by atoms with van der Waals surface area (Å²) in [6, 6.07) is 4.61. The fourth-order valence-corrected chi connectivity index (χ4v) is 1.83. The zero-order valence-corrected chi connectivity index (χ0v) is 8.59. The van der Waals surface area contributed by atoms with Crippen molar-refractivity contribution in [3.05, 3.63) is 33.3 Å². The van der Waals surface area contributed by atoms with E-state index in [9.17, 15) is 4.39 Å². The predicted molar refractivity (Wildman–Crippen MR) is 55.7 cm³/mol. The molecule has 0 bridgehead atoms. The van der Waals surface area contributed by atoms with Crippen molar-refractivity contribution < 1.29 is 4.39 Å². The van der Waals surface area contributed by atoms with Gasteiger partial charge in [-0.2, -0.15) is 5.26 Å². The molecule has 0 unspecified atom stereocenters. The SMILES string of the molecule is N#Cc1cc(F)cc2c(I)c[nH]c12. The number of fused-ring (bicyclic) bond motifs is 1. The molecule has 0 aliphatic rings. The third-order valence-electron chi connectivity index (χ3n) is 1.82. The maximum absolute atomic E-state index is 13.0. The van der Waals surface area contributed by atoms with Crippen molar-refractivity contribution in [3.63, 3.8) is 0 Å². The Bertz CT molecular complexity index is 510. The Labute approximate surface area is 87.5 Å². The van der Waals surface area contributed by atoms with E-state index in [0.717, 1.165) is 8.96 Å². The van der Waals surface area contributed by atoms with Gasteiger partial charge >= 0.3 is 0 Å². The lowest BCUT2D eigenvalue weighted by Crippen LogP contribution is -1.81. The molecular weight excluding hydrogens is 282 g/mol. The van der Waals surface area contributed by atoms with E-state index in [-0.39, 0.29) is 5.82 Å². The van der Waals surface area contributed by atoms with Gasteiger partial charge in [0.15, 0.2) is 0 Å². The Kier molecular flexibility index (Phi) is 1.96. The van der Waals surface area contributed by atoms with Gasteiger partial charge < -0.3 is 4.98 Å². The van der Waals surface area contributed by atoms with E-state index >= 15 is 0 Å². The van der Waals surface area contributed by atoms with Crippen molar-refractivity contribution in [2.75, 3.05) is 0 Å². The van der Waals surface area contributed by atoms with Crippen LogP contribution in [0.1, 0.15) is 5.56 Å². The molecule has 64 valence electrons. The van der Waals surface area contributed by atoms with E-state index in [1.54, 1.807) is 6.20 Å². The first-order valence-corrected chi connectivity index (χ1v) is 4.66. The monoisotopic (exact) mass is 286 g/mol.